The summed E-state index contributed by atoms with van der Waals surface area (Å²) in [6.07, 6.45) is 0. The van der Waals surface area contributed by atoms with Crippen molar-refractivity contribution in [3.63, 3.8) is 0 Å². The van der Waals surface area contributed by atoms with Crippen molar-refractivity contribution in [2.75, 3.05) is 0 Å². The van der Waals surface area contributed by atoms with Crippen molar-refractivity contribution in [2.45, 2.75) is 53.0 Å². The second-order valence-corrected chi connectivity index (χ2v) is 7.05. The molecule has 0 amide bonds. The fourth-order valence-corrected chi connectivity index (χ4v) is 2.47. The number of aromatic carboxylic acids is 1. The van der Waals surface area contributed by atoms with Gasteiger partial charge in [-0.3, -0.25) is 0 Å². The average Bonchev–Trinajstić information content (AvgIpc) is 2.75. The first kappa shape index (κ1) is 15.5. The number of carboxylic acid groups (broad SMARTS) is 1. The second kappa shape index (κ2) is 5.17. The predicted molar refractivity (Wildman–Crippen MR) is 84.9 cm³/mol. The Balaban J connectivity index is 2.76. The molecule has 1 aromatic heterocycles. The summed E-state index contributed by atoms with van der Waals surface area (Å²) in [5, 5.41) is 9.14. The molecule has 0 aliphatic heterocycles. The molecule has 21 heavy (non-hydrogen) atoms. The molecule has 1 N–H and O–H groups in total. The van der Waals surface area contributed by atoms with Gasteiger partial charge in [-0.05, 0) is 31.0 Å². The molecule has 0 saturated carbocycles. The highest BCUT2D eigenvalue weighted by Gasteiger charge is 2.26. The van der Waals surface area contributed by atoms with Crippen molar-refractivity contribution >= 4 is 17.0 Å². The zero-order valence-electron chi connectivity index (χ0n) is 13.6. The van der Waals surface area contributed by atoms with Gasteiger partial charge in [0.2, 0.25) is 0 Å². The lowest BCUT2D eigenvalue weighted by atomic mass is 9.94. The van der Waals surface area contributed by atoms with Gasteiger partial charge in [-0.25, -0.2) is 9.78 Å². The Labute approximate surface area is 125 Å². The van der Waals surface area contributed by atoms with Gasteiger partial charge in [0.15, 0.2) is 0 Å². The number of rotatable bonds is 3. The SMILES string of the molecule is CC(C)C(C)n1c(C(C)(C)C)nc2cc(C(=O)O)ccc21. The summed E-state index contributed by atoms with van der Waals surface area (Å²) in [4.78, 5) is 15.9. The maximum absolute atomic E-state index is 11.1. The Kier molecular flexibility index (Phi) is 3.83. The maximum atomic E-state index is 11.1. The van der Waals surface area contributed by atoms with Gasteiger partial charge < -0.3 is 9.67 Å². The summed E-state index contributed by atoms with van der Waals surface area (Å²) in [6, 6.07) is 5.50. The maximum Gasteiger partial charge on any atom is 0.335 e. The Morgan fingerprint density at radius 2 is 1.86 bits per heavy atom. The summed E-state index contributed by atoms with van der Waals surface area (Å²) in [5.41, 5.74) is 1.95. The largest absolute Gasteiger partial charge is 0.478 e. The minimum atomic E-state index is -0.916. The van der Waals surface area contributed by atoms with Gasteiger partial charge in [0.1, 0.15) is 5.82 Å². The Bertz CT molecular complexity index is 678. The molecule has 1 aromatic carbocycles. The number of carboxylic acids is 1. The molecule has 114 valence electrons. The first-order chi connectivity index (χ1) is 9.62. The highest BCUT2D eigenvalue weighted by Crippen LogP contribution is 2.32. The first-order valence-corrected chi connectivity index (χ1v) is 7.38. The Morgan fingerprint density at radius 1 is 1.24 bits per heavy atom. The van der Waals surface area contributed by atoms with E-state index in [0.29, 0.717) is 12.0 Å². The van der Waals surface area contributed by atoms with Crippen LogP contribution in [0.2, 0.25) is 0 Å². The van der Waals surface area contributed by atoms with Crippen molar-refractivity contribution in [2.24, 2.45) is 5.92 Å². The normalized spacial score (nSPS) is 13.9. The summed E-state index contributed by atoms with van der Waals surface area (Å²) in [7, 11) is 0. The standard InChI is InChI=1S/C17H24N2O2/c1-10(2)11(3)19-14-8-7-12(15(20)21)9-13(14)18-16(19)17(4,5)6/h7-11H,1-6H3,(H,20,21). The highest BCUT2D eigenvalue weighted by atomic mass is 16.4. The van der Waals surface area contributed by atoms with Crippen LogP contribution in [0.4, 0.5) is 0 Å². The van der Waals surface area contributed by atoms with E-state index in [1.807, 2.05) is 6.07 Å². The van der Waals surface area contributed by atoms with E-state index < -0.39 is 5.97 Å². The molecule has 0 aliphatic rings. The number of carbonyl (C=O) groups is 1. The van der Waals surface area contributed by atoms with Crippen LogP contribution in [0.1, 0.15) is 63.8 Å². The molecule has 2 rings (SSSR count). The third-order valence-electron chi connectivity index (χ3n) is 3.98. The van der Waals surface area contributed by atoms with Gasteiger partial charge in [-0.1, -0.05) is 34.6 Å². The van der Waals surface area contributed by atoms with Crippen LogP contribution < -0.4 is 0 Å². The number of aromatic nitrogens is 2. The van der Waals surface area contributed by atoms with Crippen LogP contribution in [0.25, 0.3) is 11.0 Å². The van der Waals surface area contributed by atoms with Gasteiger partial charge in [0, 0.05) is 11.5 Å². The zero-order valence-corrected chi connectivity index (χ0v) is 13.6. The summed E-state index contributed by atoms with van der Waals surface area (Å²) in [6.45, 7) is 13.0. The smallest absolute Gasteiger partial charge is 0.335 e. The molecule has 1 atom stereocenters. The molecule has 4 heteroatoms. The third-order valence-corrected chi connectivity index (χ3v) is 3.98. The lowest BCUT2D eigenvalue weighted by Gasteiger charge is -2.26. The first-order valence-electron chi connectivity index (χ1n) is 7.38. The molecule has 1 heterocycles. The third kappa shape index (κ3) is 2.80. The van der Waals surface area contributed by atoms with Crippen LogP contribution in [-0.2, 0) is 5.41 Å². The molecule has 2 aromatic rings. The number of hydrogen-bond acceptors (Lipinski definition) is 2. The Hall–Kier alpha value is -1.84. The Morgan fingerprint density at radius 3 is 2.33 bits per heavy atom. The van der Waals surface area contributed by atoms with Crippen molar-refractivity contribution in [3.05, 3.63) is 29.6 Å². The lowest BCUT2D eigenvalue weighted by Crippen LogP contribution is -2.23. The number of fused-ring (bicyclic) bond motifs is 1. The van der Waals surface area contributed by atoms with E-state index in [4.69, 9.17) is 10.1 Å². The van der Waals surface area contributed by atoms with Gasteiger partial charge in [-0.15, -0.1) is 0 Å². The summed E-state index contributed by atoms with van der Waals surface area (Å²) < 4.78 is 2.26. The molecule has 0 aliphatic carbocycles. The number of benzene rings is 1. The van der Waals surface area contributed by atoms with Crippen LogP contribution in [-0.4, -0.2) is 20.6 Å². The van der Waals surface area contributed by atoms with Gasteiger partial charge in [0.05, 0.1) is 16.6 Å². The van der Waals surface area contributed by atoms with Crippen LogP contribution in [0.15, 0.2) is 18.2 Å². The second-order valence-electron chi connectivity index (χ2n) is 7.05. The van der Waals surface area contributed by atoms with Crippen molar-refractivity contribution in [3.8, 4) is 0 Å². The fourth-order valence-electron chi connectivity index (χ4n) is 2.47. The molecule has 0 saturated heterocycles. The van der Waals surface area contributed by atoms with Crippen LogP contribution in [0.3, 0.4) is 0 Å². The minimum absolute atomic E-state index is 0.0917. The summed E-state index contributed by atoms with van der Waals surface area (Å²) >= 11 is 0. The molecular weight excluding hydrogens is 264 g/mol. The molecule has 1 unspecified atom stereocenters. The predicted octanol–water partition coefficient (Wildman–Crippen LogP) is 4.25. The van der Waals surface area contributed by atoms with Crippen molar-refractivity contribution in [1.29, 1.82) is 0 Å². The quantitative estimate of drug-likeness (QED) is 0.918. The fraction of sp³-hybridized carbons (Fsp3) is 0.529. The molecule has 0 fully saturated rings. The van der Waals surface area contributed by atoms with Crippen molar-refractivity contribution in [1.82, 2.24) is 9.55 Å². The average molecular weight is 288 g/mol. The molecule has 4 nitrogen and oxygen atoms in total. The van der Waals surface area contributed by atoms with Gasteiger partial charge in [0.25, 0.3) is 0 Å². The van der Waals surface area contributed by atoms with E-state index in [1.54, 1.807) is 12.1 Å². The van der Waals surface area contributed by atoms with Gasteiger partial charge >= 0.3 is 5.97 Å². The number of imidazole rings is 1. The lowest BCUT2D eigenvalue weighted by molar-refractivity contribution is 0.0697. The van der Waals surface area contributed by atoms with Gasteiger partial charge in [-0.2, -0.15) is 0 Å². The van der Waals surface area contributed by atoms with E-state index >= 15 is 0 Å². The van der Waals surface area contributed by atoms with E-state index in [9.17, 15) is 4.79 Å². The molecule has 0 bridgehead atoms. The topological polar surface area (TPSA) is 55.1 Å². The molecule has 0 radical (unpaired) electrons. The van der Waals surface area contributed by atoms with E-state index in [-0.39, 0.29) is 11.0 Å². The van der Waals surface area contributed by atoms with Crippen molar-refractivity contribution < 1.29 is 9.90 Å². The van der Waals surface area contributed by atoms with E-state index in [0.717, 1.165) is 16.9 Å². The molecular formula is C17H24N2O2. The van der Waals surface area contributed by atoms with Crippen LogP contribution in [0.5, 0.6) is 0 Å². The van der Waals surface area contributed by atoms with E-state index in [2.05, 4.69) is 46.1 Å². The zero-order chi connectivity index (χ0) is 15.9. The van der Waals surface area contributed by atoms with Crippen LogP contribution in [0, 0.1) is 5.92 Å². The monoisotopic (exact) mass is 288 g/mol. The minimum Gasteiger partial charge on any atom is -0.478 e. The van der Waals surface area contributed by atoms with E-state index in [1.165, 1.54) is 0 Å². The highest BCUT2D eigenvalue weighted by molar-refractivity contribution is 5.92. The molecule has 0 spiro atoms. The number of hydrogen-bond donors (Lipinski definition) is 1. The summed E-state index contributed by atoms with van der Waals surface area (Å²) in [5.74, 6) is 0.560. The number of nitrogens with zero attached hydrogens (tertiary/aromatic N) is 2. The van der Waals surface area contributed by atoms with Crippen LogP contribution >= 0.6 is 0 Å².